The number of benzene rings is 1. The van der Waals surface area contributed by atoms with E-state index in [9.17, 15) is 9.18 Å². The van der Waals surface area contributed by atoms with E-state index < -0.39 is 0 Å². The molecule has 1 amide bonds. The fourth-order valence-electron chi connectivity index (χ4n) is 1.59. The van der Waals surface area contributed by atoms with Gasteiger partial charge in [-0.05, 0) is 40.0 Å². The van der Waals surface area contributed by atoms with Crippen LogP contribution in [0.5, 0.6) is 0 Å². The predicted octanol–water partition coefficient (Wildman–Crippen LogP) is 2.54. The van der Waals surface area contributed by atoms with E-state index in [-0.39, 0.29) is 17.8 Å². The smallest absolute Gasteiger partial charge is 0.220 e. The number of amides is 1. The molecule has 0 spiro atoms. The Balaban J connectivity index is 2.24. The van der Waals surface area contributed by atoms with Gasteiger partial charge >= 0.3 is 0 Å². The van der Waals surface area contributed by atoms with Crippen LogP contribution in [0.15, 0.2) is 22.7 Å². The molecule has 1 aliphatic rings. The highest BCUT2D eigenvalue weighted by molar-refractivity contribution is 9.10. The van der Waals surface area contributed by atoms with Gasteiger partial charge in [0.15, 0.2) is 0 Å². The van der Waals surface area contributed by atoms with E-state index in [0.29, 0.717) is 10.9 Å². The number of nitrogens with one attached hydrogen (secondary N) is 1. The Hall–Kier alpha value is -0.900. The van der Waals surface area contributed by atoms with Gasteiger partial charge in [-0.1, -0.05) is 6.07 Å². The van der Waals surface area contributed by atoms with E-state index in [2.05, 4.69) is 21.2 Å². The zero-order chi connectivity index (χ0) is 10.1. The first-order valence-corrected chi connectivity index (χ1v) is 5.20. The van der Waals surface area contributed by atoms with Crippen LogP contribution >= 0.6 is 15.9 Å². The molecule has 1 aromatic rings. The van der Waals surface area contributed by atoms with Crippen molar-refractivity contribution >= 4 is 21.8 Å². The summed E-state index contributed by atoms with van der Waals surface area (Å²) < 4.78 is 13.4. The van der Waals surface area contributed by atoms with Crippen LogP contribution in [-0.2, 0) is 4.79 Å². The second-order valence-electron chi connectivity index (χ2n) is 3.33. The van der Waals surface area contributed by atoms with Gasteiger partial charge in [-0.3, -0.25) is 4.79 Å². The molecule has 1 aliphatic heterocycles. The SMILES string of the molecule is O=C1CCC(c2ccc(F)c(Br)c2)N1. The largest absolute Gasteiger partial charge is 0.349 e. The normalized spacial score (nSPS) is 21.0. The van der Waals surface area contributed by atoms with Crippen LogP contribution in [0.3, 0.4) is 0 Å². The lowest BCUT2D eigenvalue weighted by Gasteiger charge is -2.10. The maximum atomic E-state index is 12.9. The van der Waals surface area contributed by atoms with E-state index in [4.69, 9.17) is 0 Å². The van der Waals surface area contributed by atoms with E-state index in [1.807, 2.05) is 0 Å². The van der Waals surface area contributed by atoms with Gasteiger partial charge in [0.05, 0.1) is 10.5 Å². The lowest BCUT2D eigenvalue weighted by atomic mass is 10.1. The predicted molar refractivity (Wildman–Crippen MR) is 54.2 cm³/mol. The van der Waals surface area contributed by atoms with Crippen molar-refractivity contribution in [2.75, 3.05) is 0 Å². The maximum Gasteiger partial charge on any atom is 0.220 e. The molecule has 1 atom stereocenters. The van der Waals surface area contributed by atoms with Gasteiger partial charge in [0.1, 0.15) is 5.82 Å². The number of hydrogen-bond donors (Lipinski definition) is 1. The number of rotatable bonds is 1. The third-order valence-electron chi connectivity index (χ3n) is 2.34. The van der Waals surface area contributed by atoms with Gasteiger partial charge in [0.25, 0.3) is 0 Å². The van der Waals surface area contributed by atoms with Crippen LogP contribution in [0, 0.1) is 5.82 Å². The van der Waals surface area contributed by atoms with Crippen molar-refractivity contribution in [3.63, 3.8) is 0 Å². The zero-order valence-electron chi connectivity index (χ0n) is 7.39. The second-order valence-corrected chi connectivity index (χ2v) is 4.19. The first-order chi connectivity index (χ1) is 6.66. The van der Waals surface area contributed by atoms with Crippen molar-refractivity contribution in [3.05, 3.63) is 34.1 Å². The highest BCUT2D eigenvalue weighted by atomic mass is 79.9. The summed E-state index contributed by atoms with van der Waals surface area (Å²) in [6, 6.07) is 4.87. The topological polar surface area (TPSA) is 29.1 Å². The molecule has 1 fully saturated rings. The Morgan fingerprint density at radius 3 is 2.86 bits per heavy atom. The Bertz CT molecular complexity index is 380. The van der Waals surface area contributed by atoms with E-state index in [0.717, 1.165) is 12.0 Å². The van der Waals surface area contributed by atoms with E-state index in [1.165, 1.54) is 6.07 Å². The Morgan fingerprint density at radius 1 is 1.50 bits per heavy atom. The molecule has 0 radical (unpaired) electrons. The molecule has 14 heavy (non-hydrogen) atoms. The fraction of sp³-hybridized carbons (Fsp3) is 0.300. The molecule has 0 saturated carbocycles. The van der Waals surface area contributed by atoms with Gasteiger partial charge in [0.2, 0.25) is 5.91 Å². The van der Waals surface area contributed by atoms with Crippen LogP contribution in [0.1, 0.15) is 24.4 Å². The molecule has 1 N–H and O–H groups in total. The minimum Gasteiger partial charge on any atom is -0.349 e. The third kappa shape index (κ3) is 1.80. The number of hydrogen-bond acceptors (Lipinski definition) is 1. The van der Waals surface area contributed by atoms with Crippen LogP contribution in [-0.4, -0.2) is 5.91 Å². The van der Waals surface area contributed by atoms with Crippen LogP contribution in [0.2, 0.25) is 0 Å². The molecule has 0 aliphatic carbocycles. The summed E-state index contributed by atoms with van der Waals surface area (Å²) in [6.45, 7) is 0. The summed E-state index contributed by atoms with van der Waals surface area (Å²) >= 11 is 3.12. The summed E-state index contributed by atoms with van der Waals surface area (Å²) in [4.78, 5) is 11.0. The lowest BCUT2D eigenvalue weighted by molar-refractivity contribution is -0.119. The molecule has 1 saturated heterocycles. The van der Waals surface area contributed by atoms with Gasteiger partial charge in [-0.25, -0.2) is 4.39 Å². The van der Waals surface area contributed by atoms with Crippen LogP contribution in [0.4, 0.5) is 4.39 Å². The third-order valence-corrected chi connectivity index (χ3v) is 2.95. The lowest BCUT2D eigenvalue weighted by Crippen LogP contribution is -2.18. The molecule has 2 nitrogen and oxygen atoms in total. The van der Waals surface area contributed by atoms with Gasteiger partial charge in [-0.15, -0.1) is 0 Å². The van der Waals surface area contributed by atoms with Crippen molar-refractivity contribution < 1.29 is 9.18 Å². The quantitative estimate of drug-likeness (QED) is 0.824. The first kappa shape index (κ1) is 9.65. The standard InChI is InChI=1S/C10H9BrFNO/c11-7-5-6(1-2-8(7)12)9-3-4-10(14)13-9/h1-2,5,9H,3-4H2,(H,13,14). The molecule has 1 heterocycles. The van der Waals surface area contributed by atoms with Crippen LogP contribution in [0.25, 0.3) is 0 Å². The Labute approximate surface area is 89.6 Å². The molecule has 0 aromatic heterocycles. The minimum absolute atomic E-state index is 0.0411. The second kappa shape index (κ2) is 3.69. The molecule has 4 heteroatoms. The average Bonchev–Trinajstić information content (AvgIpc) is 2.57. The first-order valence-electron chi connectivity index (χ1n) is 4.41. The van der Waals surface area contributed by atoms with E-state index in [1.54, 1.807) is 12.1 Å². The summed E-state index contributed by atoms with van der Waals surface area (Å²) in [6.07, 6.45) is 1.34. The highest BCUT2D eigenvalue weighted by Gasteiger charge is 2.22. The Kier molecular flexibility index (Phi) is 2.54. The van der Waals surface area contributed by atoms with E-state index >= 15 is 0 Å². The van der Waals surface area contributed by atoms with Crippen LogP contribution < -0.4 is 5.32 Å². The molecule has 2 rings (SSSR count). The number of halogens is 2. The van der Waals surface area contributed by atoms with Crippen molar-refractivity contribution in [2.24, 2.45) is 0 Å². The number of carbonyl (C=O) groups excluding carboxylic acids is 1. The summed E-state index contributed by atoms with van der Waals surface area (Å²) in [7, 11) is 0. The fourth-order valence-corrected chi connectivity index (χ4v) is 1.99. The molecule has 0 bridgehead atoms. The zero-order valence-corrected chi connectivity index (χ0v) is 8.97. The van der Waals surface area contributed by atoms with Gasteiger partial charge < -0.3 is 5.32 Å². The average molecular weight is 258 g/mol. The molecule has 74 valence electrons. The highest BCUT2D eigenvalue weighted by Crippen LogP contribution is 2.27. The summed E-state index contributed by atoms with van der Waals surface area (Å²) in [5.41, 5.74) is 0.948. The molecular formula is C10H9BrFNO. The van der Waals surface area contributed by atoms with Gasteiger partial charge in [0, 0.05) is 6.42 Å². The van der Waals surface area contributed by atoms with Crippen molar-refractivity contribution in [1.82, 2.24) is 5.32 Å². The molecule has 1 unspecified atom stereocenters. The minimum atomic E-state index is -0.280. The molecular weight excluding hydrogens is 249 g/mol. The van der Waals surface area contributed by atoms with Gasteiger partial charge in [-0.2, -0.15) is 0 Å². The summed E-state index contributed by atoms with van der Waals surface area (Å²) in [5.74, 6) is -0.214. The summed E-state index contributed by atoms with van der Waals surface area (Å²) in [5, 5.41) is 2.83. The van der Waals surface area contributed by atoms with Crippen molar-refractivity contribution in [3.8, 4) is 0 Å². The van der Waals surface area contributed by atoms with Crippen molar-refractivity contribution in [1.29, 1.82) is 0 Å². The Morgan fingerprint density at radius 2 is 2.29 bits per heavy atom. The van der Waals surface area contributed by atoms with Crippen molar-refractivity contribution in [2.45, 2.75) is 18.9 Å². The number of carbonyl (C=O) groups is 1. The molecule has 1 aromatic carbocycles. The monoisotopic (exact) mass is 257 g/mol. The maximum absolute atomic E-state index is 12.9.